The van der Waals surface area contributed by atoms with Crippen LogP contribution in [0.4, 0.5) is 0 Å². The molecule has 0 fully saturated rings. The molecular weight excluding hydrogens is 401 g/mol. The molecular formula is C20H21Cl2N3OS. The molecule has 0 amide bonds. The Bertz CT molecular complexity index is 897. The lowest BCUT2D eigenvalue weighted by Crippen LogP contribution is -2.07. The monoisotopic (exact) mass is 421 g/mol. The van der Waals surface area contributed by atoms with Crippen LogP contribution in [0.1, 0.15) is 30.8 Å². The molecule has 3 aromatic rings. The predicted molar refractivity (Wildman–Crippen MR) is 112 cm³/mol. The van der Waals surface area contributed by atoms with Gasteiger partial charge in [-0.25, -0.2) is 0 Å². The molecule has 0 atom stereocenters. The normalized spacial score (nSPS) is 11.0. The van der Waals surface area contributed by atoms with Gasteiger partial charge in [0.15, 0.2) is 11.0 Å². The molecule has 0 aliphatic carbocycles. The van der Waals surface area contributed by atoms with Crippen molar-refractivity contribution in [2.24, 2.45) is 0 Å². The second-order valence-electron chi connectivity index (χ2n) is 5.97. The first kappa shape index (κ1) is 20.1. The zero-order chi connectivity index (χ0) is 19.2. The Morgan fingerprint density at radius 2 is 1.70 bits per heavy atom. The van der Waals surface area contributed by atoms with E-state index in [9.17, 15) is 0 Å². The van der Waals surface area contributed by atoms with Crippen LogP contribution in [0, 0.1) is 0 Å². The van der Waals surface area contributed by atoms with Gasteiger partial charge in [0.1, 0.15) is 12.4 Å². The van der Waals surface area contributed by atoms with E-state index in [1.54, 1.807) is 11.8 Å². The number of ether oxygens (including phenoxy) is 1. The van der Waals surface area contributed by atoms with Crippen molar-refractivity contribution in [3.05, 3.63) is 69.5 Å². The minimum atomic E-state index is 0.389. The van der Waals surface area contributed by atoms with Crippen molar-refractivity contribution in [1.82, 2.24) is 14.8 Å². The molecule has 0 bridgehead atoms. The second kappa shape index (κ2) is 9.49. The lowest BCUT2D eigenvalue weighted by molar-refractivity contribution is 0.288. The summed E-state index contributed by atoms with van der Waals surface area (Å²) in [6, 6.07) is 13.8. The molecule has 2 aromatic carbocycles. The Morgan fingerprint density at radius 1 is 0.963 bits per heavy atom. The molecule has 0 aliphatic rings. The Balaban J connectivity index is 1.63. The molecule has 1 aromatic heterocycles. The number of aromatic nitrogens is 3. The third-order valence-electron chi connectivity index (χ3n) is 4.16. The molecule has 0 radical (unpaired) electrons. The van der Waals surface area contributed by atoms with Crippen molar-refractivity contribution in [3.63, 3.8) is 0 Å². The number of aryl methyl sites for hydroxylation is 1. The molecule has 142 valence electrons. The largest absolute Gasteiger partial charge is 0.486 e. The average Bonchev–Trinajstić information content (AvgIpc) is 3.09. The van der Waals surface area contributed by atoms with E-state index in [0.717, 1.165) is 41.0 Å². The van der Waals surface area contributed by atoms with Gasteiger partial charge in [-0.2, -0.15) is 0 Å². The van der Waals surface area contributed by atoms with Gasteiger partial charge in [-0.05, 0) is 48.7 Å². The van der Waals surface area contributed by atoms with Crippen LogP contribution in [0.15, 0.2) is 47.6 Å². The third kappa shape index (κ3) is 5.18. The molecule has 0 N–H and O–H groups in total. The molecule has 0 saturated heterocycles. The second-order valence-corrected chi connectivity index (χ2v) is 7.72. The Labute approximate surface area is 173 Å². The Hall–Kier alpha value is -1.69. The van der Waals surface area contributed by atoms with E-state index in [0.29, 0.717) is 16.7 Å². The minimum absolute atomic E-state index is 0.389. The van der Waals surface area contributed by atoms with E-state index in [1.165, 1.54) is 5.56 Å². The van der Waals surface area contributed by atoms with Crippen LogP contribution in [0.3, 0.4) is 0 Å². The first-order valence-electron chi connectivity index (χ1n) is 8.81. The van der Waals surface area contributed by atoms with Gasteiger partial charge in [-0.15, -0.1) is 10.2 Å². The van der Waals surface area contributed by atoms with Crippen molar-refractivity contribution in [1.29, 1.82) is 0 Å². The summed E-state index contributed by atoms with van der Waals surface area (Å²) >= 11 is 13.7. The third-order valence-corrected chi connectivity index (χ3v) is 5.94. The highest BCUT2D eigenvalue weighted by Crippen LogP contribution is 2.27. The van der Waals surface area contributed by atoms with Gasteiger partial charge >= 0.3 is 0 Å². The molecule has 27 heavy (non-hydrogen) atoms. The van der Waals surface area contributed by atoms with Crippen LogP contribution in [0.5, 0.6) is 5.75 Å². The zero-order valence-electron chi connectivity index (χ0n) is 15.3. The quantitative estimate of drug-likeness (QED) is 0.415. The smallest absolute Gasteiger partial charge is 0.191 e. The van der Waals surface area contributed by atoms with Gasteiger partial charge in [0.05, 0.1) is 10.0 Å². The van der Waals surface area contributed by atoms with Crippen molar-refractivity contribution in [3.8, 4) is 5.75 Å². The fourth-order valence-electron chi connectivity index (χ4n) is 2.60. The number of rotatable bonds is 8. The van der Waals surface area contributed by atoms with Crippen LogP contribution in [-0.2, 0) is 25.3 Å². The fourth-order valence-corrected chi connectivity index (χ4v) is 3.88. The first-order valence-corrected chi connectivity index (χ1v) is 10.6. The Kier molecular flexibility index (Phi) is 7.05. The molecule has 4 nitrogen and oxygen atoms in total. The summed E-state index contributed by atoms with van der Waals surface area (Å²) < 4.78 is 7.95. The van der Waals surface area contributed by atoms with E-state index in [1.807, 2.05) is 30.3 Å². The van der Waals surface area contributed by atoms with Gasteiger partial charge in [-0.3, -0.25) is 0 Å². The molecule has 3 rings (SSSR count). The van der Waals surface area contributed by atoms with Crippen LogP contribution in [-0.4, -0.2) is 14.8 Å². The SMILES string of the molecule is CCc1ccc(OCc2nnc(SCc3ccc(Cl)c(Cl)c3)n2CC)cc1. The zero-order valence-corrected chi connectivity index (χ0v) is 17.6. The van der Waals surface area contributed by atoms with Crippen LogP contribution >= 0.6 is 35.0 Å². The van der Waals surface area contributed by atoms with Gasteiger partial charge in [0.25, 0.3) is 0 Å². The highest BCUT2D eigenvalue weighted by molar-refractivity contribution is 7.98. The van der Waals surface area contributed by atoms with E-state index in [-0.39, 0.29) is 0 Å². The van der Waals surface area contributed by atoms with E-state index < -0.39 is 0 Å². The standard InChI is InChI=1S/C20H21Cl2N3OS/c1-3-14-5-8-16(9-6-14)26-12-19-23-24-20(25(19)4-2)27-13-15-7-10-17(21)18(22)11-15/h5-11H,3-4,12-13H2,1-2H3. The number of nitrogens with zero attached hydrogens (tertiary/aromatic N) is 3. The van der Waals surface area contributed by atoms with Gasteiger partial charge in [0, 0.05) is 12.3 Å². The average molecular weight is 422 g/mol. The number of benzene rings is 2. The summed E-state index contributed by atoms with van der Waals surface area (Å²) in [6.45, 7) is 5.38. The number of hydrogen-bond acceptors (Lipinski definition) is 4. The minimum Gasteiger partial charge on any atom is -0.486 e. The molecule has 1 heterocycles. The fraction of sp³-hybridized carbons (Fsp3) is 0.300. The highest BCUT2D eigenvalue weighted by atomic mass is 35.5. The molecule has 0 aliphatic heterocycles. The summed E-state index contributed by atoms with van der Waals surface area (Å²) in [5, 5.41) is 10.6. The summed E-state index contributed by atoms with van der Waals surface area (Å²) in [4.78, 5) is 0. The topological polar surface area (TPSA) is 39.9 Å². The van der Waals surface area contributed by atoms with Crippen molar-refractivity contribution in [2.75, 3.05) is 0 Å². The van der Waals surface area contributed by atoms with E-state index in [4.69, 9.17) is 27.9 Å². The number of hydrogen-bond donors (Lipinski definition) is 0. The maximum absolute atomic E-state index is 6.09. The molecule has 0 spiro atoms. The van der Waals surface area contributed by atoms with E-state index >= 15 is 0 Å². The van der Waals surface area contributed by atoms with Crippen molar-refractivity contribution < 1.29 is 4.74 Å². The molecule has 7 heteroatoms. The van der Waals surface area contributed by atoms with Gasteiger partial charge < -0.3 is 9.30 Å². The predicted octanol–water partition coefficient (Wildman–Crippen LogP) is 6.04. The maximum atomic E-state index is 6.09. The van der Waals surface area contributed by atoms with Gasteiger partial charge in [0.2, 0.25) is 0 Å². The lowest BCUT2D eigenvalue weighted by Gasteiger charge is -2.09. The maximum Gasteiger partial charge on any atom is 0.191 e. The number of thioether (sulfide) groups is 1. The van der Waals surface area contributed by atoms with Crippen LogP contribution in [0.2, 0.25) is 10.0 Å². The first-order chi connectivity index (χ1) is 13.1. The summed E-state index contributed by atoms with van der Waals surface area (Å²) in [7, 11) is 0. The number of halogens is 2. The van der Waals surface area contributed by atoms with Crippen LogP contribution < -0.4 is 4.74 Å². The van der Waals surface area contributed by atoms with Crippen LogP contribution in [0.25, 0.3) is 0 Å². The summed E-state index contributed by atoms with van der Waals surface area (Å²) in [6.07, 6.45) is 1.02. The highest BCUT2D eigenvalue weighted by Gasteiger charge is 2.12. The van der Waals surface area contributed by atoms with Gasteiger partial charge in [-0.1, -0.05) is 60.1 Å². The summed E-state index contributed by atoms with van der Waals surface area (Å²) in [5.74, 6) is 2.39. The molecule has 0 saturated carbocycles. The lowest BCUT2D eigenvalue weighted by atomic mass is 10.2. The van der Waals surface area contributed by atoms with E-state index in [2.05, 4.69) is 40.7 Å². The molecule has 0 unspecified atom stereocenters. The van der Waals surface area contributed by atoms with Crippen molar-refractivity contribution >= 4 is 35.0 Å². The van der Waals surface area contributed by atoms with Crippen molar-refractivity contribution in [2.45, 2.75) is 44.3 Å². The summed E-state index contributed by atoms with van der Waals surface area (Å²) in [5.41, 5.74) is 2.38. The Morgan fingerprint density at radius 3 is 2.37 bits per heavy atom.